The summed E-state index contributed by atoms with van der Waals surface area (Å²) in [5, 5.41) is 3.93. The van der Waals surface area contributed by atoms with Crippen molar-refractivity contribution in [3.63, 3.8) is 0 Å². The maximum Gasteiger partial charge on any atom is 0.224 e. The van der Waals surface area contributed by atoms with Crippen molar-refractivity contribution in [3.8, 4) is 0 Å². The Morgan fingerprint density at radius 3 is 2.50 bits per heavy atom. The second-order valence-electron chi connectivity index (χ2n) is 8.99. The van der Waals surface area contributed by atoms with Crippen LogP contribution in [0.1, 0.15) is 62.2 Å². The van der Waals surface area contributed by atoms with Crippen molar-refractivity contribution in [1.82, 2.24) is 15.2 Å². The van der Waals surface area contributed by atoms with Gasteiger partial charge in [-0.2, -0.15) is 0 Å². The molecule has 1 saturated heterocycles. The molecule has 5 nitrogen and oxygen atoms in total. The molecule has 1 aliphatic heterocycles. The average molecular weight is 456 g/mol. The van der Waals surface area contributed by atoms with Gasteiger partial charge in [-0.3, -0.25) is 9.78 Å². The van der Waals surface area contributed by atoms with Crippen molar-refractivity contribution >= 4 is 17.5 Å². The number of hydrogen-bond donors (Lipinski definition) is 1. The first kappa shape index (κ1) is 23.2. The van der Waals surface area contributed by atoms with Crippen LogP contribution >= 0.6 is 11.6 Å². The van der Waals surface area contributed by atoms with Crippen LogP contribution in [0.25, 0.3) is 0 Å². The maximum absolute atomic E-state index is 13.1. The first-order valence-corrected chi connectivity index (χ1v) is 12.4. The first-order chi connectivity index (χ1) is 15.7. The van der Waals surface area contributed by atoms with Crippen LogP contribution in [0.3, 0.4) is 0 Å². The van der Waals surface area contributed by atoms with Gasteiger partial charge in [0.25, 0.3) is 0 Å². The number of piperidine rings is 1. The van der Waals surface area contributed by atoms with Crippen LogP contribution in [0.4, 0.5) is 0 Å². The lowest BCUT2D eigenvalue weighted by Crippen LogP contribution is -2.43. The first-order valence-electron chi connectivity index (χ1n) is 12.0. The molecule has 172 valence electrons. The smallest absolute Gasteiger partial charge is 0.224 e. The number of ether oxygens (including phenoxy) is 1. The summed E-state index contributed by atoms with van der Waals surface area (Å²) in [4.78, 5) is 20.1. The molecule has 1 saturated carbocycles. The van der Waals surface area contributed by atoms with Crippen LogP contribution in [0.2, 0.25) is 5.02 Å². The highest BCUT2D eigenvalue weighted by atomic mass is 35.5. The molecule has 1 aromatic carbocycles. The van der Waals surface area contributed by atoms with Gasteiger partial charge in [0.05, 0.1) is 24.4 Å². The van der Waals surface area contributed by atoms with Gasteiger partial charge in [0, 0.05) is 23.7 Å². The molecule has 0 spiro atoms. The summed E-state index contributed by atoms with van der Waals surface area (Å²) in [6.45, 7) is 3.66. The van der Waals surface area contributed by atoms with Crippen molar-refractivity contribution < 1.29 is 9.53 Å². The molecule has 2 heterocycles. The Bertz CT molecular complexity index is 832. The molecule has 1 atom stereocenters. The summed E-state index contributed by atoms with van der Waals surface area (Å²) in [6, 6.07) is 13.1. The third-order valence-electron chi connectivity index (χ3n) is 6.75. The minimum absolute atomic E-state index is 0.0315. The van der Waals surface area contributed by atoms with Gasteiger partial charge in [-0.05, 0) is 68.6 Å². The standard InChI is InChI=1S/C26H34ClN3O2/c27-22-11-9-20(10-12-22)25(24-8-4-5-15-28-24)29-26(31)21-13-16-30(17-14-21)18-19-32-23-6-2-1-3-7-23/h4-5,8-12,15,21,23,25H,1-3,6-7,13-14,16-19H2,(H,29,31)/t25-/m0/s1. The number of hydrogen-bond acceptors (Lipinski definition) is 4. The summed E-state index contributed by atoms with van der Waals surface area (Å²) >= 11 is 6.07. The molecule has 32 heavy (non-hydrogen) atoms. The average Bonchev–Trinajstić information content (AvgIpc) is 2.85. The van der Waals surface area contributed by atoms with E-state index in [1.165, 1.54) is 32.1 Å². The normalized spacial score (nSPS) is 19.5. The van der Waals surface area contributed by atoms with Crippen LogP contribution in [0, 0.1) is 5.92 Å². The highest BCUT2D eigenvalue weighted by Crippen LogP contribution is 2.25. The molecular weight excluding hydrogens is 422 g/mol. The summed E-state index contributed by atoms with van der Waals surface area (Å²) in [5.41, 5.74) is 1.82. The van der Waals surface area contributed by atoms with Crippen molar-refractivity contribution in [2.45, 2.75) is 57.1 Å². The van der Waals surface area contributed by atoms with Gasteiger partial charge < -0.3 is 15.0 Å². The quantitative estimate of drug-likeness (QED) is 0.608. The van der Waals surface area contributed by atoms with Gasteiger partial charge >= 0.3 is 0 Å². The van der Waals surface area contributed by atoms with Crippen LogP contribution in [-0.2, 0) is 9.53 Å². The Hall–Kier alpha value is -1.95. The van der Waals surface area contributed by atoms with E-state index < -0.39 is 0 Å². The Balaban J connectivity index is 1.28. The molecule has 1 N–H and O–H groups in total. The van der Waals surface area contributed by atoms with Crippen molar-refractivity contribution in [3.05, 3.63) is 64.9 Å². The van der Waals surface area contributed by atoms with E-state index in [-0.39, 0.29) is 17.9 Å². The number of halogens is 1. The van der Waals surface area contributed by atoms with E-state index in [1.807, 2.05) is 42.5 Å². The summed E-state index contributed by atoms with van der Waals surface area (Å²) in [7, 11) is 0. The number of likely N-dealkylation sites (tertiary alicyclic amines) is 1. The zero-order valence-electron chi connectivity index (χ0n) is 18.7. The molecule has 0 unspecified atom stereocenters. The second kappa shape index (κ2) is 11.8. The second-order valence-corrected chi connectivity index (χ2v) is 9.43. The Morgan fingerprint density at radius 1 is 1.06 bits per heavy atom. The minimum atomic E-state index is -0.275. The lowest BCUT2D eigenvalue weighted by Gasteiger charge is -2.32. The van der Waals surface area contributed by atoms with Gasteiger partial charge in [-0.1, -0.05) is 49.1 Å². The van der Waals surface area contributed by atoms with Crippen LogP contribution in [0.15, 0.2) is 48.7 Å². The molecule has 2 fully saturated rings. The molecule has 4 rings (SSSR count). The third-order valence-corrected chi connectivity index (χ3v) is 7.00. The lowest BCUT2D eigenvalue weighted by atomic mass is 9.94. The number of nitrogens with zero attached hydrogens (tertiary/aromatic N) is 2. The fourth-order valence-electron chi connectivity index (χ4n) is 4.79. The van der Waals surface area contributed by atoms with Gasteiger partial charge in [0.2, 0.25) is 5.91 Å². The predicted octanol–water partition coefficient (Wildman–Crippen LogP) is 5.00. The van der Waals surface area contributed by atoms with Crippen molar-refractivity contribution in [2.75, 3.05) is 26.2 Å². The molecule has 2 aliphatic rings. The SMILES string of the molecule is O=C(N[C@@H](c1ccc(Cl)cc1)c1ccccn1)C1CCN(CCOC2CCCCC2)CC1. The lowest BCUT2D eigenvalue weighted by molar-refractivity contribution is -0.127. The molecule has 0 radical (unpaired) electrons. The Kier molecular flexibility index (Phi) is 8.55. The van der Waals surface area contributed by atoms with E-state index in [1.54, 1.807) is 6.20 Å². The van der Waals surface area contributed by atoms with Gasteiger partial charge in [0.1, 0.15) is 0 Å². The van der Waals surface area contributed by atoms with E-state index in [4.69, 9.17) is 16.3 Å². The van der Waals surface area contributed by atoms with Crippen molar-refractivity contribution in [2.24, 2.45) is 5.92 Å². The fourth-order valence-corrected chi connectivity index (χ4v) is 4.92. The molecule has 6 heteroatoms. The number of amides is 1. The Labute approximate surface area is 196 Å². The number of benzene rings is 1. The highest BCUT2D eigenvalue weighted by Gasteiger charge is 2.28. The molecule has 1 amide bonds. The number of aromatic nitrogens is 1. The van der Waals surface area contributed by atoms with Crippen molar-refractivity contribution in [1.29, 1.82) is 0 Å². The van der Waals surface area contributed by atoms with E-state index in [2.05, 4.69) is 15.2 Å². The molecule has 1 aromatic heterocycles. The fraction of sp³-hybridized carbons (Fsp3) is 0.538. The number of rotatable bonds is 8. The summed E-state index contributed by atoms with van der Waals surface area (Å²) in [5.74, 6) is 0.137. The monoisotopic (exact) mass is 455 g/mol. The number of carbonyl (C=O) groups is 1. The van der Waals surface area contributed by atoms with Crippen LogP contribution in [-0.4, -0.2) is 48.1 Å². The van der Waals surface area contributed by atoms with Gasteiger partial charge in [-0.15, -0.1) is 0 Å². The van der Waals surface area contributed by atoms with Crippen LogP contribution in [0.5, 0.6) is 0 Å². The van der Waals surface area contributed by atoms with E-state index in [0.29, 0.717) is 11.1 Å². The summed E-state index contributed by atoms with van der Waals surface area (Å²) < 4.78 is 6.08. The number of pyridine rings is 1. The largest absolute Gasteiger partial charge is 0.377 e. The Morgan fingerprint density at radius 2 is 1.81 bits per heavy atom. The highest BCUT2D eigenvalue weighted by molar-refractivity contribution is 6.30. The number of carbonyl (C=O) groups excluding carboxylic acids is 1. The molecule has 1 aliphatic carbocycles. The van der Waals surface area contributed by atoms with Crippen LogP contribution < -0.4 is 5.32 Å². The van der Waals surface area contributed by atoms with E-state index >= 15 is 0 Å². The minimum Gasteiger partial charge on any atom is -0.377 e. The zero-order valence-corrected chi connectivity index (χ0v) is 19.5. The topological polar surface area (TPSA) is 54.5 Å². The summed E-state index contributed by atoms with van der Waals surface area (Å²) in [6.07, 6.45) is 10.4. The predicted molar refractivity (Wildman–Crippen MR) is 128 cm³/mol. The van der Waals surface area contributed by atoms with E-state index in [9.17, 15) is 4.79 Å². The molecule has 2 aromatic rings. The third kappa shape index (κ3) is 6.53. The van der Waals surface area contributed by atoms with Gasteiger partial charge in [0.15, 0.2) is 0 Å². The maximum atomic E-state index is 13.1. The van der Waals surface area contributed by atoms with Gasteiger partial charge in [-0.25, -0.2) is 0 Å². The zero-order chi connectivity index (χ0) is 22.2. The molecular formula is C26H34ClN3O2. The van der Waals surface area contributed by atoms with E-state index in [0.717, 1.165) is 50.3 Å². The molecule has 0 bridgehead atoms. The number of nitrogens with one attached hydrogen (secondary N) is 1.